The van der Waals surface area contributed by atoms with Crippen molar-refractivity contribution < 1.29 is 9.53 Å². The monoisotopic (exact) mass is 250 g/mol. The first-order valence-electron chi connectivity index (χ1n) is 7.50. The molecule has 2 saturated carbocycles. The molecule has 102 valence electrons. The van der Waals surface area contributed by atoms with Crippen LogP contribution in [0, 0.1) is 22.7 Å². The van der Waals surface area contributed by atoms with E-state index in [2.05, 4.69) is 27.7 Å². The fourth-order valence-electron chi connectivity index (χ4n) is 5.65. The van der Waals surface area contributed by atoms with E-state index in [0.29, 0.717) is 23.2 Å². The quantitative estimate of drug-likeness (QED) is 0.609. The van der Waals surface area contributed by atoms with Gasteiger partial charge < -0.3 is 4.74 Å². The zero-order chi connectivity index (χ0) is 13.2. The van der Waals surface area contributed by atoms with E-state index in [9.17, 15) is 4.79 Å². The van der Waals surface area contributed by atoms with Crippen LogP contribution < -0.4 is 0 Å². The molecule has 2 heteroatoms. The van der Waals surface area contributed by atoms with Gasteiger partial charge in [-0.1, -0.05) is 27.2 Å². The van der Waals surface area contributed by atoms with E-state index in [1.807, 2.05) is 0 Å². The summed E-state index contributed by atoms with van der Waals surface area (Å²) in [5.74, 6) is 1.23. The second kappa shape index (κ2) is 3.52. The maximum absolute atomic E-state index is 11.8. The lowest BCUT2D eigenvalue weighted by Crippen LogP contribution is -2.55. The van der Waals surface area contributed by atoms with Crippen molar-refractivity contribution in [3.05, 3.63) is 0 Å². The molecule has 0 aromatic heterocycles. The van der Waals surface area contributed by atoms with Gasteiger partial charge in [-0.2, -0.15) is 0 Å². The third-order valence-electron chi connectivity index (χ3n) is 6.46. The number of ether oxygens (including phenoxy) is 1. The van der Waals surface area contributed by atoms with E-state index in [1.54, 1.807) is 0 Å². The Morgan fingerprint density at radius 2 is 1.78 bits per heavy atom. The van der Waals surface area contributed by atoms with Crippen molar-refractivity contribution in [2.45, 2.75) is 71.8 Å². The molecule has 2 nitrogen and oxygen atoms in total. The van der Waals surface area contributed by atoms with Gasteiger partial charge in [0, 0.05) is 5.92 Å². The van der Waals surface area contributed by atoms with Gasteiger partial charge >= 0.3 is 5.97 Å². The van der Waals surface area contributed by atoms with Crippen molar-refractivity contribution >= 4 is 5.97 Å². The molecule has 0 amide bonds. The lowest BCUT2D eigenvalue weighted by atomic mass is 9.45. The summed E-state index contributed by atoms with van der Waals surface area (Å²) in [6, 6.07) is 0. The maximum Gasteiger partial charge on any atom is 0.306 e. The zero-order valence-corrected chi connectivity index (χ0v) is 12.2. The highest BCUT2D eigenvalue weighted by Gasteiger charge is 2.62. The van der Waals surface area contributed by atoms with Crippen LogP contribution in [0.1, 0.15) is 66.2 Å². The molecule has 0 aromatic carbocycles. The highest BCUT2D eigenvalue weighted by molar-refractivity contribution is 5.73. The van der Waals surface area contributed by atoms with Gasteiger partial charge in [0.1, 0.15) is 5.60 Å². The number of rotatable bonds is 0. The van der Waals surface area contributed by atoms with E-state index in [-0.39, 0.29) is 11.6 Å². The minimum atomic E-state index is -0.171. The Labute approximate surface area is 110 Å². The van der Waals surface area contributed by atoms with E-state index in [1.165, 1.54) is 25.7 Å². The third-order valence-corrected chi connectivity index (χ3v) is 6.46. The minimum Gasteiger partial charge on any atom is -0.459 e. The van der Waals surface area contributed by atoms with Crippen LogP contribution in [-0.4, -0.2) is 11.6 Å². The van der Waals surface area contributed by atoms with E-state index in [0.717, 1.165) is 12.3 Å². The Morgan fingerprint density at radius 1 is 1.06 bits per heavy atom. The SMILES string of the molecule is CC1(C)CCC[C@@]2(C)C1CC[C@]1(C)OC(=O)CC21. The molecule has 3 rings (SSSR count). The molecule has 0 aromatic rings. The highest BCUT2D eigenvalue weighted by atomic mass is 16.6. The third kappa shape index (κ3) is 1.50. The molecule has 18 heavy (non-hydrogen) atoms. The van der Waals surface area contributed by atoms with Crippen molar-refractivity contribution in [2.24, 2.45) is 22.7 Å². The average Bonchev–Trinajstić information content (AvgIpc) is 2.53. The van der Waals surface area contributed by atoms with Gasteiger partial charge in [-0.3, -0.25) is 4.79 Å². The molecular weight excluding hydrogens is 224 g/mol. The highest BCUT2D eigenvalue weighted by Crippen LogP contribution is 2.64. The number of carbonyl (C=O) groups excluding carboxylic acids is 1. The molecule has 4 atom stereocenters. The van der Waals surface area contributed by atoms with Crippen LogP contribution in [0.3, 0.4) is 0 Å². The molecule has 2 aliphatic carbocycles. The Bertz CT molecular complexity index is 387. The molecule has 0 radical (unpaired) electrons. The molecule has 2 unspecified atom stereocenters. The van der Waals surface area contributed by atoms with E-state index < -0.39 is 0 Å². The Morgan fingerprint density at radius 3 is 2.50 bits per heavy atom. The summed E-state index contributed by atoms with van der Waals surface area (Å²) in [7, 11) is 0. The normalized spacial score (nSPS) is 50.3. The van der Waals surface area contributed by atoms with Gasteiger partial charge in [0.15, 0.2) is 0 Å². The van der Waals surface area contributed by atoms with E-state index >= 15 is 0 Å². The number of carbonyl (C=O) groups is 1. The fraction of sp³-hybridized carbons (Fsp3) is 0.938. The molecule has 0 bridgehead atoms. The first kappa shape index (κ1) is 12.5. The summed E-state index contributed by atoms with van der Waals surface area (Å²) in [6.45, 7) is 9.46. The lowest BCUT2D eigenvalue weighted by molar-refractivity contribution is -0.164. The predicted molar refractivity (Wildman–Crippen MR) is 71.1 cm³/mol. The van der Waals surface area contributed by atoms with Gasteiger partial charge in [-0.15, -0.1) is 0 Å². The number of hydrogen-bond acceptors (Lipinski definition) is 2. The van der Waals surface area contributed by atoms with Crippen molar-refractivity contribution in [1.29, 1.82) is 0 Å². The molecule has 0 N–H and O–H groups in total. The molecule has 0 spiro atoms. The van der Waals surface area contributed by atoms with Crippen LogP contribution in [-0.2, 0) is 9.53 Å². The lowest BCUT2D eigenvalue weighted by Gasteiger charge is -2.59. The standard InChI is InChI=1S/C16H26O2/c1-14(2)7-5-8-15(3)11(14)6-9-16(4)12(15)10-13(17)18-16/h11-12H,5-10H2,1-4H3/t11?,12?,15-,16-/m0/s1. The maximum atomic E-state index is 11.8. The summed E-state index contributed by atoms with van der Waals surface area (Å²) in [4.78, 5) is 11.8. The molecule has 1 aliphatic heterocycles. The van der Waals surface area contributed by atoms with Crippen LogP contribution in [0.15, 0.2) is 0 Å². The Hall–Kier alpha value is -0.530. The van der Waals surface area contributed by atoms with Crippen molar-refractivity contribution in [1.82, 2.24) is 0 Å². The Balaban J connectivity index is 2.00. The molecule has 3 aliphatic rings. The van der Waals surface area contributed by atoms with Gasteiger partial charge in [0.2, 0.25) is 0 Å². The van der Waals surface area contributed by atoms with Crippen molar-refractivity contribution in [3.63, 3.8) is 0 Å². The second-order valence-corrected chi connectivity index (χ2v) is 7.98. The summed E-state index contributed by atoms with van der Waals surface area (Å²) < 4.78 is 5.70. The molecule has 1 saturated heterocycles. The Kier molecular flexibility index (Phi) is 2.44. The van der Waals surface area contributed by atoms with E-state index in [4.69, 9.17) is 4.74 Å². The second-order valence-electron chi connectivity index (χ2n) is 7.98. The van der Waals surface area contributed by atoms with Crippen LogP contribution in [0.5, 0.6) is 0 Å². The fourth-order valence-corrected chi connectivity index (χ4v) is 5.65. The first-order chi connectivity index (χ1) is 8.28. The topological polar surface area (TPSA) is 26.3 Å². The summed E-state index contributed by atoms with van der Waals surface area (Å²) >= 11 is 0. The summed E-state index contributed by atoms with van der Waals surface area (Å²) in [6.07, 6.45) is 6.86. The summed E-state index contributed by atoms with van der Waals surface area (Å²) in [5.41, 5.74) is 0.566. The van der Waals surface area contributed by atoms with Gasteiger partial charge in [0.25, 0.3) is 0 Å². The van der Waals surface area contributed by atoms with Gasteiger partial charge in [0.05, 0.1) is 6.42 Å². The number of esters is 1. The zero-order valence-electron chi connectivity index (χ0n) is 12.2. The van der Waals surface area contributed by atoms with Gasteiger partial charge in [-0.25, -0.2) is 0 Å². The number of hydrogen-bond donors (Lipinski definition) is 0. The predicted octanol–water partition coefficient (Wildman–Crippen LogP) is 3.93. The largest absolute Gasteiger partial charge is 0.459 e. The minimum absolute atomic E-state index is 0.0350. The van der Waals surface area contributed by atoms with Gasteiger partial charge in [-0.05, 0) is 49.4 Å². The van der Waals surface area contributed by atoms with Crippen LogP contribution >= 0.6 is 0 Å². The van der Waals surface area contributed by atoms with Crippen LogP contribution in [0.25, 0.3) is 0 Å². The first-order valence-corrected chi connectivity index (χ1v) is 7.50. The average molecular weight is 250 g/mol. The molecule has 3 fully saturated rings. The summed E-state index contributed by atoms with van der Waals surface area (Å²) in [5, 5.41) is 0. The number of fused-ring (bicyclic) bond motifs is 3. The molecular formula is C16H26O2. The molecule has 1 heterocycles. The van der Waals surface area contributed by atoms with Crippen molar-refractivity contribution in [2.75, 3.05) is 0 Å². The van der Waals surface area contributed by atoms with Crippen LogP contribution in [0.2, 0.25) is 0 Å². The van der Waals surface area contributed by atoms with Crippen LogP contribution in [0.4, 0.5) is 0 Å². The van der Waals surface area contributed by atoms with Crippen molar-refractivity contribution in [3.8, 4) is 0 Å². The smallest absolute Gasteiger partial charge is 0.306 e.